The lowest BCUT2D eigenvalue weighted by molar-refractivity contribution is -0.0107. The molecule has 1 aliphatic rings. The fraction of sp³-hybridized carbons (Fsp3) is 0.429. The van der Waals surface area contributed by atoms with Crippen molar-refractivity contribution in [3.05, 3.63) is 71.3 Å². The highest BCUT2D eigenvalue weighted by molar-refractivity contribution is 5.32. The maximum Gasteiger partial charge on any atom is 0.0949 e. The fourth-order valence-electron chi connectivity index (χ4n) is 3.43. The van der Waals surface area contributed by atoms with Gasteiger partial charge in [0.05, 0.1) is 18.8 Å². The predicted molar refractivity (Wildman–Crippen MR) is 97.2 cm³/mol. The van der Waals surface area contributed by atoms with E-state index in [1.807, 2.05) is 37.3 Å². The lowest BCUT2D eigenvalue weighted by Gasteiger charge is -2.38. The van der Waals surface area contributed by atoms with Crippen molar-refractivity contribution >= 4 is 0 Å². The number of nitrogens with zero attached hydrogens (tertiary/aromatic N) is 1. The molecule has 24 heavy (non-hydrogen) atoms. The lowest BCUT2D eigenvalue weighted by Crippen LogP contribution is -2.43. The highest BCUT2D eigenvalue weighted by atomic mass is 16.5. The summed E-state index contributed by atoms with van der Waals surface area (Å²) < 4.78 is 5.47. The Morgan fingerprint density at radius 1 is 1.04 bits per heavy atom. The average molecular weight is 325 g/mol. The molecule has 0 aromatic heterocycles. The number of hydrogen-bond donors (Lipinski definition) is 1. The van der Waals surface area contributed by atoms with Crippen LogP contribution in [0.5, 0.6) is 0 Å². The lowest BCUT2D eigenvalue weighted by atomic mass is 9.78. The summed E-state index contributed by atoms with van der Waals surface area (Å²) in [5.41, 5.74) is 2.43. The predicted octanol–water partition coefficient (Wildman–Crippen LogP) is 3.32. The van der Waals surface area contributed by atoms with E-state index in [0.29, 0.717) is 0 Å². The first kappa shape index (κ1) is 17.2. The minimum Gasteiger partial charge on any atom is -0.385 e. The monoisotopic (exact) mass is 325 g/mol. The van der Waals surface area contributed by atoms with E-state index in [4.69, 9.17) is 4.74 Å². The summed E-state index contributed by atoms with van der Waals surface area (Å²) in [6, 6.07) is 18.6. The largest absolute Gasteiger partial charge is 0.385 e. The number of ether oxygens (including phenoxy) is 1. The van der Waals surface area contributed by atoms with E-state index in [0.717, 1.165) is 38.4 Å². The second-order valence-electron chi connectivity index (χ2n) is 6.89. The molecule has 0 amide bonds. The van der Waals surface area contributed by atoms with Crippen LogP contribution in [-0.2, 0) is 10.3 Å². The van der Waals surface area contributed by atoms with Crippen LogP contribution in [-0.4, -0.2) is 42.9 Å². The van der Waals surface area contributed by atoms with E-state index >= 15 is 0 Å². The molecule has 1 fully saturated rings. The van der Waals surface area contributed by atoms with Crippen molar-refractivity contribution in [2.24, 2.45) is 0 Å². The number of hydrogen-bond acceptors (Lipinski definition) is 3. The van der Waals surface area contributed by atoms with Crippen LogP contribution in [0.2, 0.25) is 0 Å². The van der Waals surface area contributed by atoms with Crippen LogP contribution in [0.3, 0.4) is 0 Å². The smallest absolute Gasteiger partial charge is 0.0949 e. The summed E-state index contributed by atoms with van der Waals surface area (Å²) in [7, 11) is 0. The molecular weight excluding hydrogens is 298 g/mol. The molecule has 3 rings (SSSR count). The molecule has 0 bridgehead atoms. The highest BCUT2D eigenvalue weighted by Gasteiger charge is 2.36. The van der Waals surface area contributed by atoms with Gasteiger partial charge in [0, 0.05) is 25.6 Å². The van der Waals surface area contributed by atoms with Crippen LogP contribution >= 0.6 is 0 Å². The Bertz CT molecular complexity index is 631. The van der Waals surface area contributed by atoms with Gasteiger partial charge in [-0.05, 0) is 25.0 Å². The Morgan fingerprint density at radius 2 is 1.67 bits per heavy atom. The number of morpholine rings is 1. The van der Waals surface area contributed by atoms with Gasteiger partial charge in [-0.2, -0.15) is 0 Å². The highest BCUT2D eigenvalue weighted by Crippen LogP contribution is 2.37. The minimum absolute atomic E-state index is 0.0134. The molecule has 0 spiro atoms. The third-order valence-electron chi connectivity index (χ3n) is 5.06. The van der Waals surface area contributed by atoms with Gasteiger partial charge >= 0.3 is 0 Å². The Labute approximate surface area is 144 Å². The molecule has 0 aliphatic carbocycles. The zero-order valence-electron chi connectivity index (χ0n) is 14.6. The van der Waals surface area contributed by atoms with E-state index in [9.17, 15) is 5.11 Å². The van der Waals surface area contributed by atoms with Gasteiger partial charge in [0.2, 0.25) is 0 Å². The number of benzene rings is 2. The van der Waals surface area contributed by atoms with Crippen molar-refractivity contribution in [2.75, 3.05) is 32.8 Å². The third kappa shape index (κ3) is 3.86. The molecule has 3 nitrogen and oxygen atoms in total. The van der Waals surface area contributed by atoms with Crippen LogP contribution in [0.4, 0.5) is 0 Å². The Morgan fingerprint density at radius 3 is 2.29 bits per heavy atom. The SMILES string of the molecule is Cc1ccc([C@](C)(O)[C@H](CN2CCOCC2)c2ccccc2)cc1. The molecule has 1 N–H and O–H groups in total. The van der Waals surface area contributed by atoms with Crippen molar-refractivity contribution in [1.29, 1.82) is 0 Å². The number of aryl methyl sites for hydroxylation is 1. The van der Waals surface area contributed by atoms with Crippen LogP contribution < -0.4 is 0 Å². The van der Waals surface area contributed by atoms with Gasteiger partial charge in [-0.25, -0.2) is 0 Å². The quantitative estimate of drug-likeness (QED) is 0.915. The third-order valence-corrected chi connectivity index (χ3v) is 5.06. The molecule has 0 saturated carbocycles. The van der Waals surface area contributed by atoms with Gasteiger partial charge in [0.1, 0.15) is 0 Å². The van der Waals surface area contributed by atoms with Gasteiger partial charge < -0.3 is 9.84 Å². The van der Waals surface area contributed by atoms with Crippen molar-refractivity contribution in [3.8, 4) is 0 Å². The van der Waals surface area contributed by atoms with Crippen molar-refractivity contribution in [3.63, 3.8) is 0 Å². The number of aliphatic hydroxyl groups is 1. The molecule has 128 valence electrons. The molecule has 2 aromatic rings. The van der Waals surface area contributed by atoms with Gasteiger partial charge in [-0.1, -0.05) is 60.2 Å². The second kappa shape index (κ2) is 7.47. The van der Waals surface area contributed by atoms with Crippen LogP contribution in [0, 0.1) is 6.92 Å². The Balaban J connectivity index is 1.91. The summed E-state index contributed by atoms with van der Waals surface area (Å²) in [4.78, 5) is 2.39. The summed E-state index contributed by atoms with van der Waals surface area (Å²) in [5.74, 6) is 0.0134. The Kier molecular flexibility index (Phi) is 5.34. The summed E-state index contributed by atoms with van der Waals surface area (Å²) in [6.45, 7) is 8.23. The first-order valence-electron chi connectivity index (χ1n) is 8.72. The van der Waals surface area contributed by atoms with E-state index in [2.05, 4.69) is 36.1 Å². The maximum absolute atomic E-state index is 11.5. The summed E-state index contributed by atoms with van der Waals surface area (Å²) in [6.07, 6.45) is 0. The molecule has 1 aliphatic heterocycles. The van der Waals surface area contributed by atoms with Gasteiger partial charge in [0.15, 0.2) is 0 Å². The summed E-state index contributed by atoms with van der Waals surface area (Å²) in [5, 5.41) is 11.5. The normalized spacial score (nSPS) is 19.6. The molecule has 0 radical (unpaired) electrons. The molecule has 3 heteroatoms. The topological polar surface area (TPSA) is 32.7 Å². The molecule has 1 saturated heterocycles. The second-order valence-corrected chi connectivity index (χ2v) is 6.89. The van der Waals surface area contributed by atoms with Crippen LogP contribution in [0.15, 0.2) is 54.6 Å². The Hall–Kier alpha value is -1.68. The van der Waals surface area contributed by atoms with Gasteiger partial charge in [0.25, 0.3) is 0 Å². The van der Waals surface area contributed by atoms with Gasteiger partial charge in [-0.15, -0.1) is 0 Å². The van der Waals surface area contributed by atoms with E-state index < -0.39 is 5.60 Å². The first-order valence-corrected chi connectivity index (χ1v) is 8.72. The molecule has 1 heterocycles. The van der Waals surface area contributed by atoms with Crippen molar-refractivity contribution < 1.29 is 9.84 Å². The van der Waals surface area contributed by atoms with Crippen LogP contribution in [0.25, 0.3) is 0 Å². The van der Waals surface area contributed by atoms with Gasteiger partial charge in [-0.3, -0.25) is 4.90 Å². The zero-order valence-corrected chi connectivity index (χ0v) is 14.6. The fourth-order valence-corrected chi connectivity index (χ4v) is 3.43. The standard InChI is InChI=1S/C21H27NO2/c1-17-8-10-19(11-9-17)21(2,23)20(18-6-4-3-5-7-18)16-22-12-14-24-15-13-22/h3-11,20,23H,12-16H2,1-2H3/t20-,21+/m1/s1. The number of rotatable bonds is 5. The van der Waals surface area contributed by atoms with E-state index in [1.54, 1.807) is 0 Å². The molecule has 0 unspecified atom stereocenters. The van der Waals surface area contributed by atoms with E-state index in [1.165, 1.54) is 11.1 Å². The minimum atomic E-state index is -0.923. The molecule has 2 atom stereocenters. The van der Waals surface area contributed by atoms with E-state index in [-0.39, 0.29) is 5.92 Å². The average Bonchev–Trinajstić information content (AvgIpc) is 2.61. The molecular formula is C21H27NO2. The first-order chi connectivity index (χ1) is 11.6. The zero-order chi connectivity index (χ0) is 17.0. The van der Waals surface area contributed by atoms with Crippen LogP contribution in [0.1, 0.15) is 29.5 Å². The van der Waals surface area contributed by atoms with Crippen molar-refractivity contribution in [1.82, 2.24) is 4.90 Å². The molecule has 2 aromatic carbocycles. The maximum atomic E-state index is 11.5. The van der Waals surface area contributed by atoms with Crippen molar-refractivity contribution in [2.45, 2.75) is 25.4 Å². The summed E-state index contributed by atoms with van der Waals surface area (Å²) >= 11 is 0.